The molecule has 0 N–H and O–H groups in total. The fourth-order valence-corrected chi connectivity index (χ4v) is 5.90. The van der Waals surface area contributed by atoms with Gasteiger partial charge in [-0.15, -0.1) is 0 Å². The molecule has 0 amide bonds. The van der Waals surface area contributed by atoms with Crippen LogP contribution in [0.5, 0.6) is 11.5 Å². The van der Waals surface area contributed by atoms with Gasteiger partial charge >= 0.3 is 5.97 Å². The number of carbonyl (C=O) groups is 1. The normalized spacial score (nSPS) is 14.8. The van der Waals surface area contributed by atoms with Gasteiger partial charge in [-0.1, -0.05) is 17.4 Å². The van der Waals surface area contributed by atoms with Crippen LogP contribution in [0.3, 0.4) is 0 Å². The van der Waals surface area contributed by atoms with Gasteiger partial charge in [-0.2, -0.15) is 0 Å². The Kier molecular flexibility index (Phi) is 7.81. The molecule has 0 saturated carbocycles. The van der Waals surface area contributed by atoms with E-state index in [9.17, 15) is 19.7 Å². The smallest absolute Gasteiger partial charge is 0.338 e. The molecule has 0 unspecified atom stereocenters. The molecular formula is C30H27N3O8S. The van der Waals surface area contributed by atoms with Crippen molar-refractivity contribution >= 4 is 29.1 Å². The predicted octanol–water partition coefficient (Wildman–Crippen LogP) is 4.29. The van der Waals surface area contributed by atoms with Crippen molar-refractivity contribution in [1.29, 1.82) is 0 Å². The highest BCUT2D eigenvalue weighted by Gasteiger charge is 2.34. The Balaban J connectivity index is 1.63. The Bertz CT molecular complexity index is 1930. The number of carbonyl (C=O) groups excluding carboxylic acids is 1. The minimum atomic E-state index is -0.822. The lowest BCUT2D eigenvalue weighted by Gasteiger charge is -2.25. The van der Waals surface area contributed by atoms with Crippen molar-refractivity contribution in [3.8, 4) is 22.8 Å². The zero-order valence-corrected chi connectivity index (χ0v) is 24.3. The highest BCUT2D eigenvalue weighted by Crippen LogP contribution is 2.36. The van der Waals surface area contributed by atoms with E-state index in [2.05, 4.69) is 4.99 Å². The van der Waals surface area contributed by atoms with Gasteiger partial charge in [-0.3, -0.25) is 19.5 Å². The standard InChI is InChI=1S/C30H27N3O8S/c1-6-40-29(35)26-17(3)31-30-32(27(26)18-7-11-23(38-4)24(14-18)39-5)28(34)25(42-30)15-20-9-12-22(41-20)21-10-8-19(33(36)37)13-16(21)2/h7-15,27H,6H2,1-5H3/b25-15-/t27-/m0/s1. The van der Waals surface area contributed by atoms with E-state index in [1.165, 1.54) is 42.3 Å². The Morgan fingerprint density at radius 1 is 1.12 bits per heavy atom. The quantitative estimate of drug-likeness (QED) is 0.169. The Hall–Kier alpha value is -4.97. The SMILES string of the molecule is CCOC(=O)C1=C(C)N=c2s/c(=C\c3ccc(-c4ccc([N+](=O)[O-])cc4C)o3)c(=O)n2[C@H]1c1ccc(OC)c(OC)c1. The second kappa shape index (κ2) is 11.5. The fraction of sp³-hybridized carbons (Fsp3) is 0.233. The van der Waals surface area contributed by atoms with Crippen molar-refractivity contribution in [2.24, 2.45) is 4.99 Å². The van der Waals surface area contributed by atoms with Crippen LogP contribution in [0.15, 0.2) is 74.0 Å². The summed E-state index contributed by atoms with van der Waals surface area (Å²) >= 11 is 1.17. The molecule has 2 aromatic carbocycles. The van der Waals surface area contributed by atoms with Crippen LogP contribution in [-0.4, -0.2) is 36.3 Å². The minimum Gasteiger partial charge on any atom is -0.493 e. The number of rotatable bonds is 8. The highest BCUT2D eigenvalue weighted by atomic mass is 32.1. The molecule has 42 heavy (non-hydrogen) atoms. The molecule has 1 aliphatic heterocycles. The first-order valence-electron chi connectivity index (χ1n) is 12.9. The number of thiazole rings is 1. The van der Waals surface area contributed by atoms with Gasteiger partial charge in [0, 0.05) is 23.8 Å². The van der Waals surface area contributed by atoms with Gasteiger partial charge in [-0.25, -0.2) is 9.79 Å². The number of furan rings is 1. The average molecular weight is 590 g/mol. The second-order valence-corrected chi connectivity index (χ2v) is 10.4. The van der Waals surface area contributed by atoms with E-state index in [1.54, 1.807) is 63.2 Å². The number of aryl methyl sites for hydroxylation is 1. The second-order valence-electron chi connectivity index (χ2n) is 9.38. The molecule has 0 fully saturated rings. The molecule has 0 bridgehead atoms. The topological polar surface area (TPSA) is 135 Å². The maximum Gasteiger partial charge on any atom is 0.338 e. The lowest BCUT2D eigenvalue weighted by molar-refractivity contribution is -0.384. The zero-order chi connectivity index (χ0) is 30.1. The third kappa shape index (κ3) is 5.12. The van der Waals surface area contributed by atoms with Gasteiger partial charge < -0.3 is 18.6 Å². The van der Waals surface area contributed by atoms with Crippen LogP contribution in [0, 0.1) is 17.0 Å². The summed E-state index contributed by atoms with van der Waals surface area (Å²) in [4.78, 5) is 42.7. The fourth-order valence-electron chi connectivity index (χ4n) is 4.87. The van der Waals surface area contributed by atoms with E-state index < -0.39 is 16.9 Å². The Morgan fingerprint density at radius 2 is 1.88 bits per heavy atom. The molecule has 2 aromatic heterocycles. The summed E-state index contributed by atoms with van der Waals surface area (Å²) in [6.45, 7) is 5.35. The minimum absolute atomic E-state index is 0.00865. The Morgan fingerprint density at radius 3 is 2.55 bits per heavy atom. The molecule has 0 aliphatic carbocycles. The summed E-state index contributed by atoms with van der Waals surface area (Å²) in [7, 11) is 3.04. The number of allylic oxidation sites excluding steroid dienone is 1. The van der Waals surface area contributed by atoms with E-state index in [-0.39, 0.29) is 23.4 Å². The van der Waals surface area contributed by atoms with Crippen LogP contribution in [0.2, 0.25) is 0 Å². The number of nitrogens with zero attached hydrogens (tertiary/aromatic N) is 3. The first kappa shape index (κ1) is 28.6. The summed E-state index contributed by atoms with van der Waals surface area (Å²) in [6.07, 6.45) is 1.61. The summed E-state index contributed by atoms with van der Waals surface area (Å²) in [5.74, 6) is 1.30. The van der Waals surface area contributed by atoms with E-state index in [0.717, 1.165) is 0 Å². The van der Waals surface area contributed by atoms with Gasteiger partial charge in [0.25, 0.3) is 11.2 Å². The molecule has 0 spiro atoms. The van der Waals surface area contributed by atoms with E-state index in [0.29, 0.717) is 54.7 Å². The van der Waals surface area contributed by atoms with Crippen LogP contribution >= 0.6 is 11.3 Å². The summed E-state index contributed by atoms with van der Waals surface area (Å²) in [5.41, 5.74) is 2.31. The van der Waals surface area contributed by atoms with Crippen LogP contribution in [-0.2, 0) is 9.53 Å². The van der Waals surface area contributed by atoms with Crippen molar-refractivity contribution in [2.75, 3.05) is 20.8 Å². The average Bonchev–Trinajstić information content (AvgIpc) is 3.55. The number of hydrogen-bond acceptors (Lipinski definition) is 10. The molecule has 11 nitrogen and oxygen atoms in total. The molecule has 12 heteroatoms. The molecule has 5 rings (SSSR count). The number of benzene rings is 2. The van der Waals surface area contributed by atoms with Crippen LogP contribution < -0.4 is 24.4 Å². The summed E-state index contributed by atoms with van der Waals surface area (Å²) < 4.78 is 24.0. The molecule has 0 radical (unpaired) electrons. The van der Waals surface area contributed by atoms with E-state index >= 15 is 0 Å². The third-order valence-electron chi connectivity index (χ3n) is 6.83. The zero-order valence-electron chi connectivity index (χ0n) is 23.5. The van der Waals surface area contributed by atoms with E-state index in [1.807, 2.05) is 0 Å². The number of ether oxygens (including phenoxy) is 3. The lowest BCUT2D eigenvalue weighted by atomic mass is 9.95. The van der Waals surface area contributed by atoms with Crippen LogP contribution in [0.4, 0.5) is 5.69 Å². The number of aromatic nitrogens is 1. The van der Waals surface area contributed by atoms with Crippen LogP contribution in [0.25, 0.3) is 17.4 Å². The molecule has 0 saturated heterocycles. The maximum absolute atomic E-state index is 13.9. The molecule has 3 heterocycles. The number of esters is 1. The van der Waals surface area contributed by atoms with Gasteiger partial charge in [0.05, 0.1) is 47.6 Å². The number of non-ortho nitro benzene ring substituents is 1. The number of nitro benzene ring substituents is 1. The van der Waals surface area contributed by atoms with E-state index in [4.69, 9.17) is 18.6 Å². The van der Waals surface area contributed by atoms with Crippen LogP contribution in [0.1, 0.15) is 36.8 Å². The highest BCUT2D eigenvalue weighted by molar-refractivity contribution is 7.07. The maximum atomic E-state index is 13.9. The predicted molar refractivity (Wildman–Crippen MR) is 155 cm³/mol. The number of fused-ring (bicyclic) bond motifs is 1. The van der Waals surface area contributed by atoms with Crippen molar-refractivity contribution in [3.63, 3.8) is 0 Å². The number of hydrogen-bond donors (Lipinski definition) is 0. The monoisotopic (exact) mass is 589 g/mol. The Labute approximate surface area is 243 Å². The molecule has 4 aromatic rings. The number of methoxy groups -OCH3 is 2. The summed E-state index contributed by atoms with van der Waals surface area (Å²) in [5, 5.41) is 11.1. The van der Waals surface area contributed by atoms with Gasteiger partial charge in [0.15, 0.2) is 16.3 Å². The van der Waals surface area contributed by atoms with Crippen molar-refractivity contribution in [3.05, 3.63) is 106 Å². The third-order valence-corrected chi connectivity index (χ3v) is 7.81. The number of nitro groups is 1. The van der Waals surface area contributed by atoms with Gasteiger partial charge in [0.1, 0.15) is 11.5 Å². The molecular weight excluding hydrogens is 562 g/mol. The first-order chi connectivity index (χ1) is 20.2. The van der Waals surface area contributed by atoms with Crippen molar-refractivity contribution in [2.45, 2.75) is 26.8 Å². The van der Waals surface area contributed by atoms with Crippen molar-refractivity contribution in [1.82, 2.24) is 4.57 Å². The first-order valence-corrected chi connectivity index (χ1v) is 13.7. The largest absolute Gasteiger partial charge is 0.493 e. The molecule has 1 aliphatic rings. The van der Waals surface area contributed by atoms with Gasteiger partial charge in [-0.05, 0) is 62.2 Å². The molecule has 216 valence electrons. The summed E-state index contributed by atoms with van der Waals surface area (Å²) in [6, 6.07) is 12.4. The van der Waals surface area contributed by atoms with Gasteiger partial charge in [0.2, 0.25) is 0 Å². The molecule has 1 atom stereocenters. The van der Waals surface area contributed by atoms with Crippen molar-refractivity contribution < 1.29 is 28.3 Å². The lowest BCUT2D eigenvalue weighted by Crippen LogP contribution is -2.39.